The number of sulfonamides is 1. The molecular weight excluding hydrogens is 328 g/mol. The van der Waals surface area contributed by atoms with Crippen molar-refractivity contribution < 1.29 is 17.2 Å². The first-order chi connectivity index (χ1) is 8.24. The quantitative estimate of drug-likeness (QED) is 0.837. The molecule has 1 unspecified atom stereocenters. The molecule has 1 atom stereocenters. The Kier molecular flexibility index (Phi) is 4.85. The summed E-state index contributed by atoms with van der Waals surface area (Å²) in [6, 6.07) is 2.37. The minimum atomic E-state index is -4.01. The predicted octanol–water partition coefficient (Wildman–Crippen LogP) is 2.81. The first kappa shape index (κ1) is 15.5. The lowest BCUT2D eigenvalue weighted by Gasteiger charge is -2.26. The van der Waals surface area contributed by atoms with Crippen LogP contribution in [-0.2, 0) is 10.0 Å². The van der Waals surface area contributed by atoms with Crippen molar-refractivity contribution in [1.29, 1.82) is 0 Å². The second-order valence-electron chi connectivity index (χ2n) is 4.23. The van der Waals surface area contributed by atoms with Crippen molar-refractivity contribution in [3.63, 3.8) is 0 Å². The van der Waals surface area contributed by atoms with Crippen LogP contribution in [0.4, 0.5) is 8.78 Å². The van der Waals surface area contributed by atoms with Gasteiger partial charge in [-0.25, -0.2) is 21.9 Å². The molecule has 18 heavy (non-hydrogen) atoms. The Hall–Kier alpha value is -0.530. The van der Waals surface area contributed by atoms with Crippen molar-refractivity contribution in [2.75, 3.05) is 5.33 Å². The summed E-state index contributed by atoms with van der Waals surface area (Å²) in [6.07, 6.45) is 0.528. The highest BCUT2D eigenvalue weighted by molar-refractivity contribution is 9.09. The molecule has 0 amide bonds. The van der Waals surface area contributed by atoms with Gasteiger partial charge in [0.1, 0.15) is 16.5 Å². The van der Waals surface area contributed by atoms with Crippen molar-refractivity contribution in [1.82, 2.24) is 4.72 Å². The van der Waals surface area contributed by atoms with E-state index in [2.05, 4.69) is 20.7 Å². The number of hydrogen-bond acceptors (Lipinski definition) is 2. The Balaban J connectivity index is 3.15. The summed E-state index contributed by atoms with van der Waals surface area (Å²) in [5, 5.41) is 0.387. The van der Waals surface area contributed by atoms with Crippen LogP contribution in [0.3, 0.4) is 0 Å². The van der Waals surface area contributed by atoms with Crippen LogP contribution in [0.1, 0.15) is 20.3 Å². The zero-order chi connectivity index (χ0) is 14.0. The fourth-order valence-electron chi connectivity index (χ4n) is 1.27. The smallest absolute Gasteiger partial charge is 0.207 e. The molecule has 0 saturated heterocycles. The van der Waals surface area contributed by atoms with E-state index >= 15 is 0 Å². The van der Waals surface area contributed by atoms with Crippen LogP contribution >= 0.6 is 15.9 Å². The fraction of sp³-hybridized carbons (Fsp3) is 0.455. The molecule has 1 aromatic rings. The van der Waals surface area contributed by atoms with E-state index in [1.165, 1.54) is 0 Å². The second-order valence-corrected chi connectivity index (χ2v) is 6.44. The third-order valence-corrected chi connectivity index (χ3v) is 5.55. The van der Waals surface area contributed by atoms with E-state index in [4.69, 9.17) is 0 Å². The summed E-state index contributed by atoms with van der Waals surface area (Å²) in [7, 11) is -4.01. The Morgan fingerprint density at radius 3 is 2.44 bits per heavy atom. The fourth-order valence-corrected chi connectivity index (χ4v) is 3.53. The summed E-state index contributed by atoms with van der Waals surface area (Å²) in [6.45, 7) is 3.51. The van der Waals surface area contributed by atoms with Gasteiger partial charge in [-0.15, -0.1) is 0 Å². The summed E-state index contributed by atoms with van der Waals surface area (Å²) < 4.78 is 52.6. The highest BCUT2D eigenvalue weighted by Gasteiger charge is 2.29. The highest BCUT2D eigenvalue weighted by atomic mass is 79.9. The molecule has 1 rings (SSSR count). The zero-order valence-corrected chi connectivity index (χ0v) is 12.4. The van der Waals surface area contributed by atoms with Crippen LogP contribution in [0.25, 0.3) is 0 Å². The van der Waals surface area contributed by atoms with Gasteiger partial charge in [0.25, 0.3) is 0 Å². The van der Waals surface area contributed by atoms with Crippen molar-refractivity contribution in [2.24, 2.45) is 0 Å². The number of halogens is 3. The van der Waals surface area contributed by atoms with Gasteiger partial charge in [0.2, 0.25) is 10.0 Å². The average Bonchev–Trinajstić information content (AvgIpc) is 2.27. The first-order valence-electron chi connectivity index (χ1n) is 5.29. The molecule has 0 aromatic heterocycles. The van der Waals surface area contributed by atoms with Gasteiger partial charge in [-0.2, -0.15) is 0 Å². The van der Waals surface area contributed by atoms with Gasteiger partial charge in [0.05, 0.1) is 0 Å². The summed E-state index contributed by atoms with van der Waals surface area (Å²) >= 11 is 3.21. The summed E-state index contributed by atoms with van der Waals surface area (Å²) in [5.74, 6) is -1.92. The number of rotatable bonds is 5. The third-order valence-electron chi connectivity index (χ3n) is 2.64. The van der Waals surface area contributed by atoms with Crippen molar-refractivity contribution in [3.8, 4) is 0 Å². The van der Waals surface area contributed by atoms with Crippen molar-refractivity contribution in [2.45, 2.75) is 30.7 Å². The third kappa shape index (κ3) is 3.49. The van der Waals surface area contributed by atoms with Crippen molar-refractivity contribution >= 4 is 26.0 Å². The molecule has 0 aliphatic rings. The van der Waals surface area contributed by atoms with Crippen LogP contribution in [0, 0.1) is 11.6 Å². The number of nitrogens with one attached hydrogen (secondary N) is 1. The standard InChI is InChI=1S/C11H14BrF2NO2S/c1-3-11(2,7-12)15-18(16,17)10-5-4-8(13)6-9(10)14/h4-6,15H,3,7H2,1-2H3. The molecule has 0 fully saturated rings. The minimum absolute atomic E-state index is 0.387. The maximum atomic E-state index is 13.5. The molecular formula is C11H14BrF2NO2S. The van der Waals surface area contributed by atoms with Gasteiger partial charge >= 0.3 is 0 Å². The Bertz CT molecular complexity index is 530. The van der Waals surface area contributed by atoms with E-state index in [-0.39, 0.29) is 0 Å². The highest BCUT2D eigenvalue weighted by Crippen LogP contribution is 2.20. The van der Waals surface area contributed by atoms with Crippen molar-refractivity contribution in [3.05, 3.63) is 29.8 Å². The molecule has 0 spiro atoms. The SMILES string of the molecule is CCC(C)(CBr)NS(=O)(=O)c1ccc(F)cc1F. The maximum absolute atomic E-state index is 13.5. The molecule has 0 saturated carbocycles. The Labute approximate surface area is 114 Å². The topological polar surface area (TPSA) is 46.2 Å². The number of benzene rings is 1. The van der Waals surface area contributed by atoms with E-state index in [1.807, 2.05) is 6.92 Å². The molecule has 7 heteroatoms. The largest absolute Gasteiger partial charge is 0.244 e. The minimum Gasteiger partial charge on any atom is -0.207 e. The average molecular weight is 342 g/mol. The normalized spacial score (nSPS) is 15.4. The Morgan fingerprint density at radius 2 is 2.00 bits per heavy atom. The summed E-state index contributed by atoms with van der Waals surface area (Å²) in [5.41, 5.74) is -0.723. The molecule has 0 aliphatic heterocycles. The summed E-state index contributed by atoms with van der Waals surface area (Å²) in [4.78, 5) is -0.551. The first-order valence-corrected chi connectivity index (χ1v) is 7.89. The van der Waals surface area contributed by atoms with Gasteiger partial charge in [-0.05, 0) is 25.5 Å². The molecule has 0 bridgehead atoms. The number of alkyl halides is 1. The van der Waals surface area contributed by atoms with Crippen LogP contribution in [-0.4, -0.2) is 19.3 Å². The molecule has 0 radical (unpaired) electrons. The monoisotopic (exact) mass is 341 g/mol. The lowest BCUT2D eigenvalue weighted by molar-refractivity contribution is 0.446. The van der Waals surface area contributed by atoms with Crippen LogP contribution in [0.2, 0.25) is 0 Å². The van der Waals surface area contributed by atoms with E-state index in [0.29, 0.717) is 17.8 Å². The Morgan fingerprint density at radius 1 is 1.39 bits per heavy atom. The molecule has 3 nitrogen and oxygen atoms in total. The number of hydrogen-bond donors (Lipinski definition) is 1. The maximum Gasteiger partial charge on any atom is 0.244 e. The predicted molar refractivity (Wildman–Crippen MR) is 69.2 cm³/mol. The zero-order valence-electron chi connectivity index (χ0n) is 10.0. The van der Waals surface area contributed by atoms with E-state index in [9.17, 15) is 17.2 Å². The van der Waals surface area contributed by atoms with Gasteiger partial charge < -0.3 is 0 Å². The van der Waals surface area contributed by atoms with E-state index in [0.717, 1.165) is 12.1 Å². The lowest BCUT2D eigenvalue weighted by atomic mass is 10.0. The van der Waals surface area contributed by atoms with Gasteiger partial charge in [-0.3, -0.25) is 0 Å². The van der Waals surface area contributed by atoms with Crippen LogP contribution < -0.4 is 4.72 Å². The van der Waals surface area contributed by atoms with Crippen LogP contribution in [0.15, 0.2) is 23.1 Å². The van der Waals surface area contributed by atoms with Crippen LogP contribution in [0.5, 0.6) is 0 Å². The van der Waals surface area contributed by atoms with Gasteiger partial charge in [0, 0.05) is 16.9 Å². The van der Waals surface area contributed by atoms with Gasteiger partial charge in [-0.1, -0.05) is 22.9 Å². The molecule has 1 aromatic carbocycles. The molecule has 0 aliphatic carbocycles. The second kappa shape index (κ2) is 5.63. The van der Waals surface area contributed by atoms with E-state index in [1.54, 1.807) is 6.92 Å². The van der Waals surface area contributed by atoms with E-state index < -0.39 is 32.1 Å². The molecule has 0 heterocycles. The molecule has 102 valence electrons. The lowest BCUT2D eigenvalue weighted by Crippen LogP contribution is -2.47. The molecule has 1 N–H and O–H groups in total. The van der Waals surface area contributed by atoms with Gasteiger partial charge in [0.15, 0.2) is 0 Å².